The van der Waals surface area contributed by atoms with Gasteiger partial charge in [0.05, 0.1) is 17.1 Å². The zero-order valence-electron chi connectivity index (χ0n) is 11.6. The van der Waals surface area contributed by atoms with Crippen molar-refractivity contribution in [2.24, 2.45) is 0 Å². The van der Waals surface area contributed by atoms with E-state index in [2.05, 4.69) is 5.10 Å². The van der Waals surface area contributed by atoms with Crippen LogP contribution in [0.3, 0.4) is 0 Å². The summed E-state index contributed by atoms with van der Waals surface area (Å²) in [5.74, 6) is 0. The summed E-state index contributed by atoms with van der Waals surface area (Å²) in [6, 6.07) is 0. The highest BCUT2D eigenvalue weighted by atomic mass is 16.6. The van der Waals surface area contributed by atoms with Crippen LogP contribution in [0.15, 0.2) is 0 Å². The molecule has 1 fully saturated rings. The van der Waals surface area contributed by atoms with E-state index in [1.54, 1.807) is 4.68 Å². The molecule has 19 heavy (non-hydrogen) atoms. The van der Waals surface area contributed by atoms with Gasteiger partial charge >= 0.3 is 5.69 Å². The molecule has 1 aliphatic carbocycles. The van der Waals surface area contributed by atoms with Crippen molar-refractivity contribution in [3.63, 3.8) is 0 Å². The summed E-state index contributed by atoms with van der Waals surface area (Å²) < 4.78 is 1.66. The number of rotatable bonds is 5. The highest BCUT2D eigenvalue weighted by Crippen LogP contribution is 2.33. The van der Waals surface area contributed by atoms with Gasteiger partial charge in [0.2, 0.25) is 0 Å². The second-order valence-corrected chi connectivity index (χ2v) is 5.30. The van der Waals surface area contributed by atoms with E-state index in [1.165, 1.54) is 0 Å². The molecule has 1 saturated carbocycles. The summed E-state index contributed by atoms with van der Waals surface area (Å²) in [5.41, 5.74) is 0.534. The van der Waals surface area contributed by atoms with Gasteiger partial charge < -0.3 is 5.11 Å². The average Bonchev–Trinajstić information content (AvgIpc) is 2.93. The Kier molecular flexibility index (Phi) is 3.89. The summed E-state index contributed by atoms with van der Waals surface area (Å²) in [5, 5.41) is 26.0. The minimum absolute atomic E-state index is 0.131. The van der Waals surface area contributed by atoms with Crippen molar-refractivity contribution in [3.05, 3.63) is 21.5 Å². The van der Waals surface area contributed by atoms with Crippen LogP contribution >= 0.6 is 0 Å². The molecule has 1 aromatic rings. The zero-order valence-corrected chi connectivity index (χ0v) is 11.6. The molecule has 0 spiro atoms. The van der Waals surface area contributed by atoms with Crippen LogP contribution in [-0.4, -0.2) is 25.4 Å². The van der Waals surface area contributed by atoms with Crippen LogP contribution in [0.25, 0.3) is 0 Å². The molecule has 1 aromatic heterocycles. The molecule has 2 rings (SSSR count). The molecular weight excluding hydrogens is 246 g/mol. The van der Waals surface area contributed by atoms with Gasteiger partial charge in [0, 0.05) is 0 Å². The largest absolute Gasteiger partial charge is 0.388 e. The Morgan fingerprint density at radius 3 is 2.47 bits per heavy atom. The van der Waals surface area contributed by atoms with Crippen LogP contribution in [0.5, 0.6) is 0 Å². The molecule has 0 radical (unpaired) electrons. The van der Waals surface area contributed by atoms with Gasteiger partial charge in [-0.15, -0.1) is 0 Å². The third-order valence-electron chi connectivity index (χ3n) is 3.93. The first-order valence-corrected chi connectivity index (χ1v) is 6.96. The van der Waals surface area contributed by atoms with E-state index in [0.29, 0.717) is 30.8 Å². The van der Waals surface area contributed by atoms with E-state index in [-0.39, 0.29) is 10.6 Å². The van der Waals surface area contributed by atoms with Gasteiger partial charge in [0.15, 0.2) is 0 Å². The Labute approximate surface area is 112 Å². The molecule has 0 bridgehead atoms. The molecule has 0 amide bonds. The number of aromatic nitrogens is 2. The lowest BCUT2D eigenvalue weighted by Gasteiger charge is -2.22. The van der Waals surface area contributed by atoms with E-state index in [4.69, 9.17) is 0 Å². The third kappa shape index (κ3) is 2.63. The lowest BCUT2D eigenvalue weighted by atomic mass is 10.0. The van der Waals surface area contributed by atoms with Crippen LogP contribution in [0.4, 0.5) is 5.69 Å². The molecule has 0 aliphatic heterocycles. The predicted molar refractivity (Wildman–Crippen MR) is 71.1 cm³/mol. The first-order valence-electron chi connectivity index (χ1n) is 6.96. The summed E-state index contributed by atoms with van der Waals surface area (Å²) in [4.78, 5) is 10.8. The highest BCUT2D eigenvalue weighted by molar-refractivity contribution is 5.41. The number of hydrogen-bond donors (Lipinski definition) is 1. The number of nitrogens with zero attached hydrogens (tertiary/aromatic N) is 3. The van der Waals surface area contributed by atoms with Crippen molar-refractivity contribution in [1.82, 2.24) is 9.78 Å². The van der Waals surface area contributed by atoms with Gasteiger partial charge in [0.1, 0.15) is 11.4 Å². The Balaban J connectivity index is 2.37. The minimum atomic E-state index is -0.741. The molecule has 0 saturated heterocycles. The van der Waals surface area contributed by atoms with Crippen LogP contribution in [0.2, 0.25) is 0 Å². The van der Waals surface area contributed by atoms with Crippen molar-refractivity contribution >= 4 is 5.69 Å². The van der Waals surface area contributed by atoms with Crippen molar-refractivity contribution in [3.8, 4) is 0 Å². The summed E-state index contributed by atoms with van der Waals surface area (Å²) >= 11 is 0. The normalized spacial score (nSPS) is 17.8. The fraction of sp³-hybridized carbons (Fsp3) is 0.769. The van der Waals surface area contributed by atoms with Gasteiger partial charge in [-0.05, 0) is 25.7 Å². The van der Waals surface area contributed by atoms with E-state index < -0.39 is 5.60 Å². The van der Waals surface area contributed by atoms with E-state index in [9.17, 15) is 15.2 Å². The van der Waals surface area contributed by atoms with Crippen molar-refractivity contribution in [2.45, 2.75) is 64.5 Å². The maximum atomic E-state index is 11.2. The Hall–Kier alpha value is -1.43. The maximum Gasteiger partial charge on any atom is 0.313 e. The lowest BCUT2D eigenvalue weighted by molar-refractivity contribution is -0.386. The Morgan fingerprint density at radius 2 is 2.00 bits per heavy atom. The standard InChI is InChI=1S/C13H21N3O3/c1-3-10-12(16(18)19)11(4-2)15(14-10)9-13(17)7-5-6-8-13/h17H,3-9H2,1-2H3. The van der Waals surface area contributed by atoms with E-state index in [1.807, 2.05) is 13.8 Å². The van der Waals surface area contributed by atoms with Crippen LogP contribution in [-0.2, 0) is 19.4 Å². The zero-order chi connectivity index (χ0) is 14.0. The highest BCUT2D eigenvalue weighted by Gasteiger charge is 2.34. The van der Waals surface area contributed by atoms with Gasteiger partial charge in [0.25, 0.3) is 0 Å². The van der Waals surface area contributed by atoms with Crippen molar-refractivity contribution in [1.29, 1.82) is 0 Å². The molecule has 1 N–H and O–H groups in total. The smallest absolute Gasteiger partial charge is 0.313 e. The molecule has 6 heteroatoms. The van der Waals surface area contributed by atoms with Gasteiger partial charge in [-0.3, -0.25) is 14.8 Å². The minimum Gasteiger partial charge on any atom is -0.388 e. The first-order chi connectivity index (χ1) is 9.00. The Morgan fingerprint density at radius 1 is 1.37 bits per heavy atom. The summed E-state index contributed by atoms with van der Waals surface area (Å²) in [6.07, 6.45) is 4.63. The molecule has 0 unspecified atom stereocenters. The quantitative estimate of drug-likeness (QED) is 0.655. The monoisotopic (exact) mass is 267 g/mol. The second-order valence-electron chi connectivity index (χ2n) is 5.30. The van der Waals surface area contributed by atoms with E-state index >= 15 is 0 Å². The van der Waals surface area contributed by atoms with Gasteiger partial charge in [-0.1, -0.05) is 26.7 Å². The second kappa shape index (κ2) is 5.28. The topological polar surface area (TPSA) is 81.2 Å². The predicted octanol–water partition coefficient (Wildman–Crippen LogP) is 2.22. The lowest BCUT2D eigenvalue weighted by Crippen LogP contribution is -2.31. The van der Waals surface area contributed by atoms with Crippen LogP contribution in [0.1, 0.15) is 50.9 Å². The number of aliphatic hydroxyl groups is 1. The molecule has 106 valence electrons. The van der Waals surface area contributed by atoms with Gasteiger partial charge in [-0.2, -0.15) is 5.10 Å². The average molecular weight is 267 g/mol. The van der Waals surface area contributed by atoms with Crippen LogP contribution < -0.4 is 0 Å². The molecule has 1 aliphatic rings. The molecule has 0 atom stereocenters. The Bertz CT molecular complexity index is 476. The fourth-order valence-corrected chi connectivity index (χ4v) is 2.94. The van der Waals surface area contributed by atoms with Crippen molar-refractivity contribution in [2.75, 3.05) is 0 Å². The first kappa shape index (κ1) is 14.0. The van der Waals surface area contributed by atoms with Gasteiger partial charge in [-0.25, -0.2) is 0 Å². The molecular formula is C13H21N3O3. The molecule has 0 aromatic carbocycles. The summed E-state index contributed by atoms with van der Waals surface area (Å²) in [6.45, 7) is 4.12. The third-order valence-corrected chi connectivity index (χ3v) is 3.93. The molecule has 1 heterocycles. The maximum absolute atomic E-state index is 11.2. The van der Waals surface area contributed by atoms with E-state index in [0.717, 1.165) is 25.7 Å². The van der Waals surface area contributed by atoms with Crippen molar-refractivity contribution < 1.29 is 10.0 Å². The SMILES string of the molecule is CCc1nn(CC2(O)CCCC2)c(CC)c1[N+](=O)[O-]. The van der Waals surface area contributed by atoms with Crippen LogP contribution in [0, 0.1) is 10.1 Å². The number of nitro groups is 1. The number of hydrogen-bond acceptors (Lipinski definition) is 4. The molecule has 6 nitrogen and oxygen atoms in total. The summed E-state index contributed by atoms with van der Waals surface area (Å²) in [7, 11) is 0. The number of aryl methyl sites for hydroxylation is 1. The fourth-order valence-electron chi connectivity index (χ4n) is 2.94.